The minimum Gasteiger partial charge on any atom is -0.273 e. The van der Waals surface area contributed by atoms with E-state index in [4.69, 9.17) is 0 Å². The van der Waals surface area contributed by atoms with Crippen LogP contribution in [0, 0.1) is 5.92 Å². The van der Waals surface area contributed by atoms with Gasteiger partial charge in [-0.05, 0) is 32.1 Å². The molecule has 2 saturated carbocycles. The molecule has 0 spiro atoms. The van der Waals surface area contributed by atoms with Crippen LogP contribution in [-0.4, -0.2) is 39.7 Å². The van der Waals surface area contributed by atoms with Crippen molar-refractivity contribution in [3.8, 4) is 0 Å². The highest BCUT2D eigenvalue weighted by Crippen LogP contribution is 2.33. The Bertz CT molecular complexity index is 453. The van der Waals surface area contributed by atoms with Gasteiger partial charge in [0.1, 0.15) is 5.92 Å². The number of imide groups is 2. The van der Waals surface area contributed by atoms with Crippen molar-refractivity contribution < 1.29 is 14.4 Å². The van der Waals surface area contributed by atoms with Crippen molar-refractivity contribution in [2.24, 2.45) is 5.92 Å². The summed E-state index contributed by atoms with van der Waals surface area (Å²) in [5.41, 5.74) is 0. The Balaban J connectivity index is 1.87. The molecule has 4 amide bonds. The maximum atomic E-state index is 13.1. The van der Waals surface area contributed by atoms with Crippen LogP contribution in [0.4, 0.5) is 4.79 Å². The van der Waals surface area contributed by atoms with Crippen molar-refractivity contribution in [3.63, 3.8) is 0 Å². The minimum atomic E-state index is -0.642. The number of rotatable bonds is 4. The van der Waals surface area contributed by atoms with Gasteiger partial charge < -0.3 is 0 Å². The highest BCUT2D eigenvalue weighted by molar-refractivity contribution is 6.16. The molecule has 0 N–H and O–H groups in total. The standard InChI is InChI=1S/C19H30N2O3/c1-2-9-16-17(22)20(14-10-5-3-6-11-14)19(24)21(18(16)23)15-12-7-4-8-13-15/h14-16H,2-13H2,1H3. The number of hydrogen-bond donors (Lipinski definition) is 0. The van der Waals surface area contributed by atoms with E-state index in [0.717, 1.165) is 57.8 Å². The zero-order valence-corrected chi connectivity index (χ0v) is 14.8. The van der Waals surface area contributed by atoms with Gasteiger partial charge in [-0.2, -0.15) is 0 Å². The van der Waals surface area contributed by atoms with Crippen LogP contribution in [-0.2, 0) is 9.59 Å². The molecule has 1 aliphatic heterocycles. The number of urea groups is 1. The first-order chi connectivity index (χ1) is 11.6. The van der Waals surface area contributed by atoms with E-state index in [1.807, 2.05) is 6.92 Å². The summed E-state index contributed by atoms with van der Waals surface area (Å²) in [6.07, 6.45) is 11.5. The van der Waals surface area contributed by atoms with Crippen LogP contribution in [0.1, 0.15) is 84.0 Å². The van der Waals surface area contributed by atoms with Crippen molar-refractivity contribution in [2.45, 2.75) is 96.1 Å². The predicted octanol–water partition coefficient (Wildman–Crippen LogP) is 3.86. The molecule has 3 fully saturated rings. The van der Waals surface area contributed by atoms with Gasteiger partial charge in [0.15, 0.2) is 0 Å². The van der Waals surface area contributed by atoms with Gasteiger partial charge in [0, 0.05) is 12.1 Å². The van der Waals surface area contributed by atoms with Crippen LogP contribution in [0.25, 0.3) is 0 Å². The lowest BCUT2D eigenvalue weighted by Crippen LogP contribution is -2.65. The quantitative estimate of drug-likeness (QED) is 0.734. The first-order valence-corrected chi connectivity index (χ1v) is 9.85. The first-order valence-electron chi connectivity index (χ1n) is 9.85. The number of nitrogens with zero attached hydrogens (tertiary/aromatic N) is 2. The van der Waals surface area contributed by atoms with Gasteiger partial charge in [0.2, 0.25) is 11.8 Å². The van der Waals surface area contributed by atoms with Crippen molar-refractivity contribution >= 4 is 17.8 Å². The molecule has 0 atom stereocenters. The number of barbiturate groups is 1. The molecule has 1 heterocycles. The van der Waals surface area contributed by atoms with E-state index in [0.29, 0.717) is 6.42 Å². The van der Waals surface area contributed by atoms with Crippen molar-refractivity contribution in [1.82, 2.24) is 9.80 Å². The van der Waals surface area contributed by atoms with Crippen molar-refractivity contribution in [2.75, 3.05) is 0 Å². The third-order valence-electron chi connectivity index (χ3n) is 5.94. The summed E-state index contributed by atoms with van der Waals surface area (Å²) in [4.78, 5) is 41.9. The smallest absolute Gasteiger partial charge is 0.273 e. The van der Waals surface area contributed by atoms with Crippen LogP contribution >= 0.6 is 0 Å². The largest absolute Gasteiger partial charge is 0.333 e. The summed E-state index contributed by atoms with van der Waals surface area (Å²) in [7, 11) is 0. The molecule has 0 aromatic carbocycles. The molecule has 0 bridgehead atoms. The Morgan fingerprint density at radius 2 is 1.17 bits per heavy atom. The fraction of sp³-hybridized carbons (Fsp3) is 0.842. The summed E-state index contributed by atoms with van der Waals surface area (Å²) >= 11 is 0. The molecule has 1 saturated heterocycles. The fourth-order valence-corrected chi connectivity index (χ4v) is 4.63. The molecule has 0 radical (unpaired) electrons. The minimum absolute atomic E-state index is 0.00250. The SMILES string of the molecule is CCCC1C(=O)N(C2CCCCC2)C(=O)N(C2CCCCC2)C1=O. The Kier molecular flexibility index (Phi) is 5.57. The summed E-state index contributed by atoms with van der Waals surface area (Å²) in [5.74, 6) is -1.10. The molecule has 2 aliphatic carbocycles. The second kappa shape index (κ2) is 7.66. The molecule has 134 valence electrons. The Hall–Kier alpha value is -1.39. The zero-order valence-electron chi connectivity index (χ0n) is 14.8. The van der Waals surface area contributed by atoms with Gasteiger partial charge in [-0.1, -0.05) is 51.9 Å². The molecule has 0 aromatic heterocycles. The number of carbonyl (C=O) groups is 3. The van der Waals surface area contributed by atoms with Crippen LogP contribution in [0.2, 0.25) is 0 Å². The van der Waals surface area contributed by atoms with Gasteiger partial charge >= 0.3 is 6.03 Å². The highest BCUT2D eigenvalue weighted by atomic mass is 16.2. The molecule has 3 aliphatic rings. The lowest BCUT2D eigenvalue weighted by molar-refractivity contribution is -0.153. The van der Waals surface area contributed by atoms with E-state index in [2.05, 4.69) is 0 Å². The maximum Gasteiger partial charge on any atom is 0.333 e. The van der Waals surface area contributed by atoms with E-state index in [1.165, 1.54) is 22.6 Å². The zero-order chi connectivity index (χ0) is 17.1. The van der Waals surface area contributed by atoms with Gasteiger partial charge in [0.25, 0.3) is 0 Å². The number of amides is 4. The Morgan fingerprint density at radius 1 is 0.750 bits per heavy atom. The average molecular weight is 334 g/mol. The third-order valence-corrected chi connectivity index (χ3v) is 5.94. The van der Waals surface area contributed by atoms with Crippen LogP contribution in [0.3, 0.4) is 0 Å². The van der Waals surface area contributed by atoms with E-state index < -0.39 is 5.92 Å². The molecular weight excluding hydrogens is 304 g/mol. The first kappa shape index (κ1) is 17.4. The second-order valence-corrected chi connectivity index (χ2v) is 7.62. The Labute approximate surface area is 144 Å². The highest BCUT2D eigenvalue weighted by Gasteiger charge is 2.49. The average Bonchev–Trinajstić information content (AvgIpc) is 2.61. The summed E-state index contributed by atoms with van der Waals surface area (Å²) in [5, 5.41) is 0. The lowest BCUT2D eigenvalue weighted by atomic mass is 9.88. The monoisotopic (exact) mass is 334 g/mol. The molecule has 5 nitrogen and oxygen atoms in total. The van der Waals surface area contributed by atoms with E-state index >= 15 is 0 Å². The van der Waals surface area contributed by atoms with Crippen molar-refractivity contribution in [1.29, 1.82) is 0 Å². The van der Waals surface area contributed by atoms with Gasteiger partial charge in [0.05, 0.1) is 0 Å². The summed E-state index contributed by atoms with van der Waals surface area (Å²) in [6.45, 7) is 1.99. The van der Waals surface area contributed by atoms with Crippen LogP contribution in [0.15, 0.2) is 0 Å². The van der Waals surface area contributed by atoms with Gasteiger partial charge in [-0.3, -0.25) is 19.4 Å². The Morgan fingerprint density at radius 3 is 1.54 bits per heavy atom. The van der Waals surface area contributed by atoms with E-state index in [1.54, 1.807) is 0 Å². The molecule has 0 unspecified atom stereocenters. The van der Waals surface area contributed by atoms with Crippen LogP contribution < -0.4 is 0 Å². The molecular formula is C19H30N2O3. The topological polar surface area (TPSA) is 57.7 Å². The van der Waals surface area contributed by atoms with E-state index in [9.17, 15) is 14.4 Å². The molecule has 3 rings (SSSR count). The molecule has 24 heavy (non-hydrogen) atoms. The fourth-order valence-electron chi connectivity index (χ4n) is 4.63. The van der Waals surface area contributed by atoms with Crippen LogP contribution in [0.5, 0.6) is 0 Å². The molecule has 0 aromatic rings. The normalized spacial score (nSPS) is 25.6. The number of carbonyl (C=O) groups excluding carboxylic acids is 3. The predicted molar refractivity (Wildman–Crippen MR) is 91.2 cm³/mol. The summed E-state index contributed by atoms with van der Waals surface area (Å²) in [6, 6.07) is -0.328. The van der Waals surface area contributed by atoms with E-state index in [-0.39, 0.29) is 29.9 Å². The lowest BCUT2D eigenvalue weighted by Gasteiger charge is -2.45. The van der Waals surface area contributed by atoms with Gasteiger partial charge in [-0.25, -0.2) is 4.79 Å². The third kappa shape index (κ3) is 3.22. The maximum absolute atomic E-state index is 13.1. The summed E-state index contributed by atoms with van der Waals surface area (Å²) < 4.78 is 0. The number of hydrogen-bond acceptors (Lipinski definition) is 3. The molecule has 5 heteroatoms. The van der Waals surface area contributed by atoms with Gasteiger partial charge in [-0.15, -0.1) is 0 Å². The van der Waals surface area contributed by atoms with Crippen molar-refractivity contribution in [3.05, 3.63) is 0 Å². The second-order valence-electron chi connectivity index (χ2n) is 7.62.